The quantitative estimate of drug-likeness (QED) is 0.465. The lowest BCUT2D eigenvalue weighted by molar-refractivity contribution is -0.114. The summed E-state index contributed by atoms with van der Waals surface area (Å²) in [5.41, 5.74) is 0.682. The van der Waals surface area contributed by atoms with Crippen LogP contribution in [0, 0.1) is 0 Å². The van der Waals surface area contributed by atoms with E-state index in [0.29, 0.717) is 31.9 Å². The van der Waals surface area contributed by atoms with Gasteiger partial charge in [0.05, 0.1) is 42.2 Å². The molecule has 1 heterocycles. The second kappa shape index (κ2) is 11.6. The van der Waals surface area contributed by atoms with Crippen LogP contribution in [0.25, 0.3) is 0 Å². The van der Waals surface area contributed by atoms with Gasteiger partial charge in [-0.3, -0.25) is 13.9 Å². The second-order valence-corrected chi connectivity index (χ2v) is 10.4. The van der Waals surface area contributed by atoms with E-state index in [2.05, 4.69) is 5.32 Å². The van der Waals surface area contributed by atoms with Crippen LogP contribution in [-0.4, -0.2) is 65.1 Å². The highest BCUT2D eigenvalue weighted by atomic mass is 35.5. The fourth-order valence-electron chi connectivity index (χ4n) is 3.91. The van der Waals surface area contributed by atoms with E-state index in [1.807, 2.05) is 0 Å². The van der Waals surface area contributed by atoms with E-state index in [-0.39, 0.29) is 32.9 Å². The molecule has 1 saturated heterocycles. The Morgan fingerprint density at radius 1 is 1.03 bits per heavy atom. The predicted molar refractivity (Wildman–Crippen MR) is 141 cm³/mol. The maximum atomic E-state index is 13.7. The average Bonchev–Trinajstić information content (AvgIpc) is 2.92. The number of methoxy groups -OCH3 is 1. The molecule has 2 amide bonds. The Hall–Kier alpha value is -3.60. The summed E-state index contributed by atoms with van der Waals surface area (Å²) >= 11 is 6.18. The third-order valence-corrected chi connectivity index (χ3v) is 7.77. The van der Waals surface area contributed by atoms with Crippen LogP contribution < -0.4 is 14.4 Å². The summed E-state index contributed by atoms with van der Waals surface area (Å²) in [5, 5.41) is 2.98. The molecular weight excluding hydrogens is 518 g/mol. The normalized spacial score (nSPS) is 13.6. The van der Waals surface area contributed by atoms with Gasteiger partial charge in [-0.15, -0.1) is 0 Å². The van der Waals surface area contributed by atoms with Crippen molar-refractivity contribution in [3.8, 4) is 5.75 Å². The molecule has 0 aromatic heterocycles. The maximum absolute atomic E-state index is 13.7. The first-order chi connectivity index (χ1) is 17.8. The zero-order valence-corrected chi connectivity index (χ0v) is 21.7. The van der Waals surface area contributed by atoms with Crippen LogP contribution in [-0.2, 0) is 19.6 Å². The predicted octanol–water partition coefficient (Wildman–Crippen LogP) is 3.66. The number of rotatable bonds is 8. The van der Waals surface area contributed by atoms with Gasteiger partial charge in [0.2, 0.25) is 5.91 Å². The van der Waals surface area contributed by atoms with Gasteiger partial charge in [-0.2, -0.15) is 0 Å². The number of nitrogens with zero attached hydrogens (tertiary/aromatic N) is 2. The molecule has 1 fully saturated rings. The summed E-state index contributed by atoms with van der Waals surface area (Å²) in [6, 6.07) is 18.9. The lowest BCUT2D eigenvalue weighted by atomic mass is 10.1. The molecule has 1 aliphatic rings. The largest absolute Gasteiger partial charge is 0.495 e. The van der Waals surface area contributed by atoms with Gasteiger partial charge in [0, 0.05) is 18.1 Å². The third kappa shape index (κ3) is 6.04. The fraction of sp³-hybridized carbons (Fsp3) is 0.231. The highest BCUT2D eigenvalue weighted by molar-refractivity contribution is 7.92. The molecule has 1 N–H and O–H groups in total. The number of benzene rings is 3. The van der Waals surface area contributed by atoms with Crippen molar-refractivity contribution in [1.82, 2.24) is 4.90 Å². The Bertz CT molecular complexity index is 1380. The highest BCUT2D eigenvalue weighted by Crippen LogP contribution is 2.35. The molecule has 9 nitrogen and oxygen atoms in total. The van der Waals surface area contributed by atoms with Crippen molar-refractivity contribution < 1.29 is 27.5 Å². The van der Waals surface area contributed by atoms with Crippen molar-refractivity contribution in [2.45, 2.75) is 4.90 Å². The number of nitrogens with one attached hydrogen (secondary N) is 1. The summed E-state index contributed by atoms with van der Waals surface area (Å²) in [7, 11) is -2.79. The van der Waals surface area contributed by atoms with Crippen molar-refractivity contribution in [2.75, 3.05) is 49.6 Å². The Morgan fingerprint density at radius 2 is 1.70 bits per heavy atom. The van der Waals surface area contributed by atoms with Crippen LogP contribution in [0.15, 0.2) is 77.7 Å². The molecule has 37 heavy (non-hydrogen) atoms. The number of para-hydroxylation sites is 1. The number of anilines is 2. The van der Waals surface area contributed by atoms with Crippen molar-refractivity contribution >= 4 is 44.8 Å². The first-order valence-corrected chi connectivity index (χ1v) is 13.3. The molecule has 0 radical (unpaired) electrons. The van der Waals surface area contributed by atoms with Gasteiger partial charge in [-0.1, -0.05) is 41.9 Å². The first-order valence-electron chi connectivity index (χ1n) is 11.5. The monoisotopic (exact) mass is 543 g/mol. The van der Waals surface area contributed by atoms with Gasteiger partial charge in [0.25, 0.3) is 15.9 Å². The van der Waals surface area contributed by atoms with Crippen LogP contribution in [0.4, 0.5) is 11.4 Å². The van der Waals surface area contributed by atoms with E-state index in [0.717, 1.165) is 4.31 Å². The molecule has 4 rings (SSSR count). The summed E-state index contributed by atoms with van der Waals surface area (Å²) in [5.74, 6) is -0.673. The smallest absolute Gasteiger partial charge is 0.264 e. The number of carbonyl (C=O) groups excluding carboxylic acids is 2. The average molecular weight is 544 g/mol. The SMILES string of the molecule is COc1ccc(Cl)cc1N(CC(=O)Nc1ccccc1C(=O)N1CCOCC1)S(=O)(=O)c1ccccc1. The molecule has 0 atom stereocenters. The van der Waals surface area contributed by atoms with Crippen molar-refractivity contribution in [2.24, 2.45) is 0 Å². The Labute approximate surface area is 220 Å². The molecule has 1 aliphatic heterocycles. The lowest BCUT2D eigenvalue weighted by Crippen LogP contribution is -2.41. The summed E-state index contributed by atoms with van der Waals surface area (Å²) < 4.78 is 38.9. The molecule has 11 heteroatoms. The summed E-state index contributed by atoms with van der Waals surface area (Å²) in [6.07, 6.45) is 0. The van der Waals surface area contributed by atoms with Crippen molar-refractivity contribution in [3.05, 3.63) is 83.4 Å². The molecule has 0 aliphatic carbocycles. The minimum atomic E-state index is -4.19. The van der Waals surface area contributed by atoms with Gasteiger partial charge in [0.1, 0.15) is 12.3 Å². The number of hydrogen-bond donors (Lipinski definition) is 1. The number of morpholine rings is 1. The Morgan fingerprint density at radius 3 is 2.41 bits per heavy atom. The number of sulfonamides is 1. The third-order valence-electron chi connectivity index (χ3n) is 5.76. The zero-order chi connectivity index (χ0) is 26.4. The minimum Gasteiger partial charge on any atom is -0.495 e. The molecule has 0 saturated carbocycles. The van der Waals surface area contributed by atoms with Crippen LogP contribution in [0.1, 0.15) is 10.4 Å². The van der Waals surface area contributed by atoms with E-state index in [9.17, 15) is 18.0 Å². The van der Waals surface area contributed by atoms with Crippen LogP contribution in [0.2, 0.25) is 5.02 Å². The fourth-order valence-corrected chi connectivity index (χ4v) is 5.52. The molecule has 194 valence electrons. The van der Waals surface area contributed by atoms with E-state index in [1.165, 1.54) is 31.4 Å². The number of hydrogen-bond acceptors (Lipinski definition) is 6. The Balaban J connectivity index is 1.66. The van der Waals surface area contributed by atoms with Crippen LogP contribution in [0.3, 0.4) is 0 Å². The van der Waals surface area contributed by atoms with Gasteiger partial charge in [-0.25, -0.2) is 8.42 Å². The van der Waals surface area contributed by atoms with Crippen LogP contribution >= 0.6 is 11.6 Å². The summed E-state index contributed by atoms with van der Waals surface area (Å²) in [6.45, 7) is 1.17. The highest BCUT2D eigenvalue weighted by Gasteiger charge is 2.30. The maximum Gasteiger partial charge on any atom is 0.264 e. The van der Waals surface area contributed by atoms with E-state index in [4.69, 9.17) is 21.1 Å². The molecule has 0 spiro atoms. The standard InChI is InChI=1S/C26H26ClN3O6S/c1-35-24-12-11-19(27)17-23(24)30(37(33,34)20-7-3-2-4-8-20)18-25(31)28-22-10-6-5-9-21(22)26(32)29-13-15-36-16-14-29/h2-12,17H,13-16,18H2,1H3,(H,28,31). The van der Waals surface area contributed by atoms with Crippen molar-refractivity contribution in [3.63, 3.8) is 0 Å². The van der Waals surface area contributed by atoms with Crippen molar-refractivity contribution in [1.29, 1.82) is 0 Å². The molecule has 3 aromatic rings. The lowest BCUT2D eigenvalue weighted by Gasteiger charge is -2.28. The van der Waals surface area contributed by atoms with Gasteiger partial charge in [0.15, 0.2) is 0 Å². The second-order valence-electron chi connectivity index (χ2n) is 8.14. The topological polar surface area (TPSA) is 105 Å². The summed E-state index contributed by atoms with van der Waals surface area (Å²) in [4.78, 5) is 28.0. The van der Waals surface area contributed by atoms with E-state index >= 15 is 0 Å². The molecular formula is C26H26ClN3O6S. The zero-order valence-electron chi connectivity index (χ0n) is 20.1. The number of amides is 2. The number of halogens is 1. The van der Waals surface area contributed by atoms with E-state index in [1.54, 1.807) is 53.4 Å². The number of ether oxygens (including phenoxy) is 2. The molecule has 0 bridgehead atoms. The van der Waals surface area contributed by atoms with E-state index < -0.39 is 22.5 Å². The van der Waals surface area contributed by atoms with Gasteiger partial charge < -0.3 is 19.7 Å². The first kappa shape index (κ1) is 26.5. The Kier molecular flexibility index (Phi) is 8.32. The molecule has 0 unspecified atom stereocenters. The van der Waals surface area contributed by atoms with Crippen LogP contribution in [0.5, 0.6) is 5.75 Å². The number of carbonyl (C=O) groups is 2. The van der Waals surface area contributed by atoms with Gasteiger partial charge in [-0.05, 0) is 42.5 Å². The minimum absolute atomic E-state index is 0.00674. The molecule has 3 aromatic carbocycles. The van der Waals surface area contributed by atoms with Gasteiger partial charge >= 0.3 is 0 Å².